The van der Waals surface area contributed by atoms with Crippen LogP contribution in [0.5, 0.6) is 0 Å². The van der Waals surface area contributed by atoms with Crippen molar-refractivity contribution in [2.24, 2.45) is 0 Å². The van der Waals surface area contributed by atoms with Gasteiger partial charge < -0.3 is 10.6 Å². The van der Waals surface area contributed by atoms with Crippen molar-refractivity contribution in [3.05, 3.63) is 75.9 Å². The van der Waals surface area contributed by atoms with Gasteiger partial charge in [-0.3, -0.25) is 13.9 Å². The summed E-state index contributed by atoms with van der Waals surface area (Å²) in [7, 11) is -3.95. The van der Waals surface area contributed by atoms with Gasteiger partial charge in [0.1, 0.15) is 4.90 Å². The predicted octanol–water partition coefficient (Wildman–Crippen LogP) is 4.38. The Labute approximate surface area is 196 Å². The van der Waals surface area contributed by atoms with Crippen LogP contribution < -0.4 is 14.9 Å². The zero-order chi connectivity index (χ0) is 23.1. The summed E-state index contributed by atoms with van der Waals surface area (Å²) < 4.78 is 27.8. The summed E-state index contributed by atoms with van der Waals surface area (Å²) in [6.07, 6.45) is 0.0334. The van der Waals surface area contributed by atoms with Crippen LogP contribution in [0.4, 0.5) is 11.4 Å². The Morgan fingerprint density at radius 3 is 2.50 bits per heavy atom. The number of nitrogens with one attached hydrogen (secondary N) is 2. The molecule has 0 saturated carbocycles. The molecule has 0 spiro atoms. The number of halogens is 1. The molecule has 10 heteroatoms. The van der Waals surface area contributed by atoms with Crippen LogP contribution in [0.25, 0.3) is 0 Å². The third-order valence-corrected chi connectivity index (χ3v) is 7.60. The molecule has 0 fully saturated rings. The Balaban J connectivity index is 1.69. The first-order chi connectivity index (χ1) is 15.3. The normalized spacial score (nSPS) is 11.1. The molecular weight excluding hydrogens is 470 g/mol. The lowest BCUT2D eigenvalue weighted by Gasteiger charge is -2.23. The summed E-state index contributed by atoms with van der Waals surface area (Å²) in [4.78, 5) is 24.1. The van der Waals surface area contributed by atoms with Crippen molar-refractivity contribution in [1.82, 2.24) is 5.32 Å². The van der Waals surface area contributed by atoms with Crippen LogP contribution in [0, 0.1) is 0 Å². The summed E-state index contributed by atoms with van der Waals surface area (Å²) in [6, 6.07) is 14.7. The minimum Gasteiger partial charge on any atom is -0.351 e. The van der Waals surface area contributed by atoms with Gasteiger partial charge in [0.25, 0.3) is 15.9 Å². The van der Waals surface area contributed by atoms with Crippen LogP contribution in [0.1, 0.15) is 23.7 Å². The molecule has 2 amide bonds. The van der Waals surface area contributed by atoms with Crippen molar-refractivity contribution in [2.45, 2.75) is 18.2 Å². The Morgan fingerprint density at radius 1 is 1.09 bits per heavy atom. The van der Waals surface area contributed by atoms with Gasteiger partial charge in [-0.15, -0.1) is 0 Å². The SMILES string of the molecule is CCN(c1ccccc1)S(=O)(=O)c1cc(NC(=O)CCNC(=O)c2ccsc2)ccc1Cl. The Bertz CT molecular complexity index is 1180. The van der Waals surface area contributed by atoms with Crippen LogP contribution in [-0.2, 0) is 14.8 Å². The number of amides is 2. The molecule has 0 atom stereocenters. The molecule has 0 aliphatic carbocycles. The average molecular weight is 492 g/mol. The second kappa shape index (κ2) is 10.6. The van der Waals surface area contributed by atoms with Gasteiger partial charge in [0.05, 0.1) is 10.7 Å². The smallest absolute Gasteiger partial charge is 0.265 e. The molecule has 0 saturated heterocycles. The van der Waals surface area contributed by atoms with E-state index < -0.39 is 10.0 Å². The molecule has 168 valence electrons. The van der Waals surface area contributed by atoms with Crippen molar-refractivity contribution in [3.8, 4) is 0 Å². The number of sulfonamides is 1. The van der Waals surface area contributed by atoms with E-state index in [0.29, 0.717) is 16.9 Å². The molecular formula is C22H22ClN3O4S2. The van der Waals surface area contributed by atoms with Crippen LogP contribution >= 0.6 is 22.9 Å². The Hall–Kier alpha value is -2.88. The average Bonchev–Trinajstić information content (AvgIpc) is 3.31. The number of hydrogen-bond donors (Lipinski definition) is 2. The molecule has 3 rings (SSSR count). The number of rotatable bonds is 9. The first-order valence-corrected chi connectivity index (χ1v) is 12.6. The molecule has 0 unspecified atom stereocenters. The Kier molecular flexibility index (Phi) is 7.89. The highest BCUT2D eigenvalue weighted by Gasteiger charge is 2.26. The van der Waals surface area contributed by atoms with Gasteiger partial charge in [-0.2, -0.15) is 11.3 Å². The van der Waals surface area contributed by atoms with Gasteiger partial charge in [-0.25, -0.2) is 8.42 Å². The van der Waals surface area contributed by atoms with E-state index in [-0.39, 0.29) is 41.2 Å². The van der Waals surface area contributed by atoms with Crippen LogP contribution in [0.2, 0.25) is 5.02 Å². The maximum absolute atomic E-state index is 13.3. The number of anilines is 2. The summed E-state index contributed by atoms with van der Waals surface area (Å²) in [5.41, 5.74) is 1.36. The first kappa shape index (κ1) is 23.8. The van der Waals surface area contributed by atoms with Crippen LogP contribution in [0.15, 0.2) is 70.3 Å². The minimum atomic E-state index is -3.95. The quantitative estimate of drug-likeness (QED) is 0.464. The van der Waals surface area contributed by atoms with Crippen molar-refractivity contribution in [1.29, 1.82) is 0 Å². The molecule has 0 aliphatic heterocycles. The topological polar surface area (TPSA) is 95.6 Å². The van der Waals surface area contributed by atoms with E-state index in [4.69, 9.17) is 11.6 Å². The van der Waals surface area contributed by atoms with E-state index in [2.05, 4.69) is 10.6 Å². The molecule has 0 aliphatic rings. The molecule has 2 aromatic carbocycles. The van der Waals surface area contributed by atoms with Gasteiger partial charge in [0.15, 0.2) is 0 Å². The van der Waals surface area contributed by atoms with Crippen molar-refractivity contribution < 1.29 is 18.0 Å². The largest absolute Gasteiger partial charge is 0.351 e. The highest BCUT2D eigenvalue weighted by molar-refractivity contribution is 7.93. The molecule has 32 heavy (non-hydrogen) atoms. The molecule has 2 N–H and O–H groups in total. The van der Waals surface area contributed by atoms with Crippen LogP contribution in [-0.4, -0.2) is 33.3 Å². The number of benzene rings is 2. The first-order valence-electron chi connectivity index (χ1n) is 9.80. The van der Waals surface area contributed by atoms with Crippen molar-refractivity contribution in [2.75, 3.05) is 22.7 Å². The van der Waals surface area contributed by atoms with Crippen molar-refractivity contribution >= 4 is 56.2 Å². The summed E-state index contributed by atoms with van der Waals surface area (Å²) in [5.74, 6) is -0.615. The second-order valence-corrected chi connectivity index (χ2v) is 9.73. The molecule has 1 heterocycles. The Morgan fingerprint density at radius 2 is 1.84 bits per heavy atom. The fraction of sp³-hybridized carbons (Fsp3) is 0.182. The van der Waals surface area contributed by atoms with E-state index in [9.17, 15) is 18.0 Å². The van der Waals surface area contributed by atoms with E-state index >= 15 is 0 Å². The van der Waals surface area contributed by atoms with E-state index in [1.54, 1.807) is 54.1 Å². The summed E-state index contributed by atoms with van der Waals surface area (Å²) in [6.45, 7) is 2.09. The zero-order valence-corrected chi connectivity index (χ0v) is 19.6. The van der Waals surface area contributed by atoms with E-state index in [0.717, 1.165) is 0 Å². The lowest BCUT2D eigenvalue weighted by Crippen LogP contribution is -2.31. The predicted molar refractivity (Wildman–Crippen MR) is 128 cm³/mol. The third-order valence-electron chi connectivity index (χ3n) is 4.54. The number of carbonyl (C=O) groups is 2. The molecule has 0 radical (unpaired) electrons. The third kappa shape index (κ3) is 5.67. The fourth-order valence-electron chi connectivity index (χ4n) is 2.99. The van der Waals surface area contributed by atoms with Gasteiger partial charge in [-0.05, 0) is 48.7 Å². The van der Waals surface area contributed by atoms with Crippen LogP contribution in [0.3, 0.4) is 0 Å². The highest BCUT2D eigenvalue weighted by Crippen LogP contribution is 2.30. The number of carbonyl (C=O) groups excluding carboxylic acids is 2. The van der Waals surface area contributed by atoms with E-state index in [1.165, 1.54) is 33.8 Å². The van der Waals surface area contributed by atoms with Crippen molar-refractivity contribution in [3.63, 3.8) is 0 Å². The van der Waals surface area contributed by atoms with Gasteiger partial charge in [0, 0.05) is 36.1 Å². The number of nitrogens with zero attached hydrogens (tertiary/aromatic N) is 1. The second-order valence-electron chi connectivity index (χ2n) is 6.72. The molecule has 3 aromatic rings. The molecule has 1 aromatic heterocycles. The number of thiophene rings is 1. The zero-order valence-electron chi connectivity index (χ0n) is 17.2. The molecule has 7 nitrogen and oxygen atoms in total. The standard InChI is InChI=1S/C22H22ClN3O4S2/c1-2-26(18-6-4-3-5-7-18)32(29,30)20-14-17(8-9-19(20)23)25-21(27)10-12-24-22(28)16-11-13-31-15-16/h3-9,11,13-15H,2,10,12H2,1H3,(H,24,28)(H,25,27). The molecule has 0 bridgehead atoms. The number of para-hydroxylation sites is 1. The maximum Gasteiger partial charge on any atom is 0.265 e. The minimum absolute atomic E-state index is 0.0334. The maximum atomic E-state index is 13.3. The van der Waals surface area contributed by atoms with Gasteiger partial charge in [-0.1, -0.05) is 29.8 Å². The highest BCUT2D eigenvalue weighted by atomic mass is 35.5. The fourth-order valence-corrected chi connectivity index (χ4v) is 5.60. The van der Waals surface area contributed by atoms with Gasteiger partial charge >= 0.3 is 0 Å². The summed E-state index contributed by atoms with van der Waals surface area (Å²) in [5, 5.41) is 8.90. The number of hydrogen-bond acceptors (Lipinski definition) is 5. The lowest BCUT2D eigenvalue weighted by atomic mass is 10.3. The summed E-state index contributed by atoms with van der Waals surface area (Å²) >= 11 is 7.62. The monoisotopic (exact) mass is 491 g/mol. The lowest BCUT2D eigenvalue weighted by molar-refractivity contribution is -0.116. The van der Waals surface area contributed by atoms with Gasteiger partial charge in [0.2, 0.25) is 5.91 Å². The van der Waals surface area contributed by atoms with E-state index in [1.807, 2.05) is 0 Å².